The summed E-state index contributed by atoms with van der Waals surface area (Å²) in [7, 11) is 0. The van der Waals surface area contributed by atoms with Gasteiger partial charge in [0, 0.05) is 11.0 Å². The summed E-state index contributed by atoms with van der Waals surface area (Å²) in [5.41, 5.74) is -0.0360. The van der Waals surface area contributed by atoms with E-state index in [-0.39, 0.29) is 5.69 Å². The van der Waals surface area contributed by atoms with Gasteiger partial charge in [0.25, 0.3) is 0 Å². The van der Waals surface area contributed by atoms with Crippen LogP contribution in [0.1, 0.15) is 26.7 Å². The van der Waals surface area contributed by atoms with Crippen LogP contribution in [-0.4, -0.2) is 6.54 Å². The predicted molar refractivity (Wildman–Crippen MR) is 66.6 cm³/mol. The van der Waals surface area contributed by atoms with E-state index in [1.54, 1.807) is 0 Å². The molecule has 4 heteroatoms. The molecule has 1 nitrogen and oxygen atoms in total. The highest BCUT2D eigenvalue weighted by atomic mass is 79.9. The second kappa shape index (κ2) is 6.18. The van der Waals surface area contributed by atoms with Crippen molar-refractivity contribution in [3.63, 3.8) is 0 Å². The Hall–Kier alpha value is -0.640. The summed E-state index contributed by atoms with van der Waals surface area (Å²) >= 11 is 3.04. The van der Waals surface area contributed by atoms with Crippen LogP contribution in [0.3, 0.4) is 0 Å². The van der Waals surface area contributed by atoms with Crippen molar-refractivity contribution in [3.8, 4) is 0 Å². The zero-order valence-corrected chi connectivity index (χ0v) is 11.1. The van der Waals surface area contributed by atoms with E-state index < -0.39 is 11.6 Å². The Labute approximate surface area is 103 Å². The van der Waals surface area contributed by atoms with Crippen LogP contribution < -0.4 is 5.32 Å². The lowest BCUT2D eigenvalue weighted by Gasteiger charge is -2.13. The van der Waals surface area contributed by atoms with E-state index in [0.29, 0.717) is 16.9 Å². The molecule has 0 heterocycles. The quantitative estimate of drug-likeness (QED) is 0.838. The van der Waals surface area contributed by atoms with Gasteiger partial charge in [0.05, 0.1) is 0 Å². The average Bonchev–Trinajstić information content (AvgIpc) is 2.16. The molecule has 0 aliphatic carbocycles. The van der Waals surface area contributed by atoms with E-state index in [0.717, 1.165) is 12.8 Å². The van der Waals surface area contributed by atoms with Crippen LogP contribution in [-0.2, 0) is 0 Å². The standard InChI is InChI=1S/C12H16BrF2N/c1-3-4-8(2)7-16-12-10(14)5-9(13)6-11(12)15/h5-6,8,16H,3-4,7H2,1-2H3. The van der Waals surface area contributed by atoms with Crippen LogP contribution in [0.2, 0.25) is 0 Å². The molecule has 16 heavy (non-hydrogen) atoms. The van der Waals surface area contributed by atoms with Crippen LogP contribution in [0.4, 0.5) is 14.5 Å². The van der Waals surface area contributed by atoms with Crippen molar-refractivity contribution in [3.05, 3.63) is 28.2 Å². The van der Waals surface area contributed by atoms with Gasteiger partial charge in [0.2, 0.25) is 0 Å². The molecule has 1 atom stereocenters. The SMILES string of the molecule is CCCC(C)CNc1c(F)cc(Br)cc1F. The fraction of sp³-hybridized carbons (Fsp3) is 0.500. The van der Waals surface area contributed by atoms with Gasteiger partial charge in [0.1, 0.15) is 17.3 Å². The smallest absolute Gasteiger partial charge is 0.150 e. The fourth-order valence-corrected chi connectivity index (χ4v) is 1.98. The minimum Gasteiger partial charge on any atom is -0.380 e. The lowest BCUT2D eigenvalue weighted by molar-refractivity contribution is 0.540. The van der Waals surface area contributed by atoms with Crippen molar-refractivity contribution < 1.29 is 8.78 Å². The van der Waals surface area contributed by atoms with Crippen LogP contribution in [0, 0.1) is 17.6 Å². The van der Waals surface area contributed by atoms with Crippen LogP contribution in [0.15, 0.2) is 16.6 Å². The number of halogens is 3. The summed E-state index contributed by atoms with van der Waals surface area (Å²) in [5, 5.41) is 2.82. The third-order valence-corrected chi connectivity index (χ3v) is 2.87. The van der Waals surface area contributed by atoms with Crippen molar-refractivity contribution in [2.45, 2.75) is 26.7 Å². The van der Waals surface area contributed by atoms with Crippen molar-refractivity contribution in [1.82, 2.24) is 0 Å². The Morgan fingerprint density at radius 1 is 1.31 bits per heavy atom. The highest BCUT2D eigenvalue weighted by Gasteiger charge is 2.11. The Morgan fingerprint density at radius 2 is 1.88 bits per heavy atom. The number of hydrogen-bond donors (Lipinski definition) is 1. The van der Waals surface area contributed by atoms with Crippen molar-refractivity contribution in [1.29, 1.82) is 0 Å². The van der Waals surface area contributed by atoms with Gasteiger partial charge in [-0.05, 0) is 24.5 Å². The third-order valence-electron chi connectivity index (χ3n) is 2.42. The molecule has 0 aliphatic rings. The highest BCUT2D eigenvalue weighted by molar-refractivity contribution is 9.10. The topological polar surface area (TPSA) is 12.0 Å². The molecule has 0 spiro atoms. The molecular formula is C12H16BrF2N. The molecular weight excluding hydrogens is 276 g/mol. The Kier molecular flexibility index (Phi) is 5.19. The number of benzene rings is 1. The molecule has 0 amide bonds. The molecule has 1 N–H and O–H groups in total. The number of hydrogen-bond acceptors (Lipinski definition) is 1. The van der Waals surface area contributed by atoms with E-state index in [1.165, 1.54) is 12.1 Å². The van der Waals surface area contributed by atoms with Crippen molar-refractivity contribution in [2.24, 2.45) is 5.92 Å². The summed E-state index contributed by atoms with van der Waals surface area (Å²) in [5.74, 6) is -0.710. The van der Waals surface area contributed by atoms with Crippen molar-refractivity contribution in [2.75, 3.05) is 11.9 Å². The first-order chi connectivity index (χ1) is 7.54. The summed E-state index contributed by atoms with van der Waals surface area (Å²) in [6, 6.07) is 2.52. The van der Waals surface area contributed by atoms with Crippen LogP contribution in [0.5, 0.6) is 0 Å². The zero-order valence-electron chi connectivity index (χ0n) is 9.49. The van der Waals surface area contributed by atoms with Crippen molar-refractivity contribution >= 4 is 21.6 Å². The third kappa shape index (κ3) is 3.74. The average molecular weight is 292 g/mol. The van der Waals surface area contributed by atoms with Gasteiger partial charge in [-0.15, -0.1) is 0 Å². The first-order valence-electron chi connectivity index (χ1n) is 5.43. The molecule has 1 aromatic rings. The van der Waals surface area contributed by atoms with Crippen LogP contribution >= 0.6 is 15.9 Å². The first kappa shape index (κ1) is 13.4. The summed E-state index contributed by atoms with van der Waals surface area (Å²) < 4.78 is 27.2. The Bertz CT molecular complexity index is 332. The molecule has 0 saturated heterocycles. The van der Waals surface area contributed by atoms with Gasteiger partial charge in [-0.25, -0.2) is 8.78 Å². The van der Waals surface area contributed by atoms with E-state index in [2.05, 4.69) is 35.1 Å². The summed E-state index contributed by atoms with van der Waals surface area (Å²) in [4.78, 5) is 0. The van der Waals surface area contributed by atoms with E-state index >= 15 is 0 Å². The Morgan fingerprint density at radius 3 is 2.38 bits per heavy atom. The molecule has 0 aromatic heterocycles. The van der Waals surface area contributed by atoms with Gasteiger partial charge in [0.15, 0.2) is 0 Å². The number of rotatable bonds is 5. The van der Waals surface area contributed by atoms with Gasteiger partial charge in [-0.1, -0.05) is 36.2 Å². The lowest BCUT2D eigenvalue weighted by atomic mass is 10.1. The maximum absolute atomic E-state index is 13.4. The largest absolute Gasteiger partial charge is 0.380 e. The molecule has 0 bridgehead atoms. The van der Waals surface area contributed by atoms with Crippen LogP contribution in [0.25, 0.3) is 0 Å². The number of nitrogens with one attached hydrogen (secondary N) is 1. The lowest BCUT2D eigenvalue weighted by Crippen LogP contribution is -2.13. The Balaban J connectivity index is 2.67. The fourth-order valence-electron chi connectivity index (χ4n) is 1.58. The molecule has 1 unspecified atom stereocenters. The van der Waals surface area contributed by atoms with Gasteiger partial charge in [-0.2, -0.15) is 0 Å². The normalized spacial score (nSPS) is 12.6. The van der Waals surface area contributed by atoms with E-state index in [1.807, 2.05) is 0 Å². The van der Waals surface area contributed by atoms with E-state index in [9.17, 15) is 8.78 Å². The molecule has 0 fully saturated rings. The second-order valence-electron chi connectivity index (χ2n) is 4.02. The second-order valence-corrected chi connectivity index (χ2v) is 4.93. The minimum absolute atomic E-state index is 0.0360. The summed E-state index contributed by atoms with van der Waals surface area (Å²) in [6.07, 6.45) is 2.13. The zero-order chi connectivity index (χ0) is 12.1. The molecule has 0 saturated carbocycles. The summed E-state index contributed by atoms with van der Waals surface area (Å²) in [6.45, 7) is 4.74. The first-order valence-corrected chi connectivity index (χ1v) is 6.22. The van der Waals surface area contributed by atoms with Gasteiger partial charge >= 0.3 is 0 Å². The molecule has 0 aliphatic heterocycles. The monoisotopic (exact) mass is 291 g/mol. The van der Waals surface area contributed by atoms with Gasteiger partial charge in [-0.3, -0.25) is 0 Å². The molecule has 90 valence electrons. The molecule has 0 radical (unpaired) electrons. The predicted octanol–water partition coefficient (Wildman–Crippen LogP) is 4.58. The molecule has 1 rings (SSSR count). The highest BCUT2D eigenvalue weighted by Crippen LogP contribution is 2.24. The maximum atomic E-state index is 13.4. The van der Waals surface area contributed by atoms with E-state index in [4.69, 9.17) is 0 Å². The molecule has 1 aromatic carbocycles. The minimum atomic E-state index is -0.560. The number of anilines is 1. The maximum Gasteiger partial charge on any atom is 0.150 e. The van der Waals surface area contributed by atoms with Gasteiger partial charge < -0.3 is 5.32 Å².